The van der Waals surface area contributed by atoms with Gasteiger partial charge in [-0.2, -0.15) is 0 Å². The molecule has 0 aliphatic carbocycles. The van der Waals surface area contributed by atoms with Crippen molar-refractivity contribution in [1.82, 2.24) is 24.2 Å². The van der Waals surface area contributed by atoms with Crippen molar-refractivity contribution < 1.29 is 4.21 Å². The number of nitrogens with two attached hydrogens (primary N) is 1. The van der Waals surface area contributed by atoms with E-state index in [0.29, 0.717) is 11.4 Å². The normalized spacial score (nSPS) is 12.5. The van der Waals surface area contributed by atoms with Crippen LogP contribution in [0.15, 0.2) is 72.1 Å². The first-order chi connectivity index (χ1) is 15.4. The van der Waals surface area contributed by atoms with Crippen molar-refractivity contribution in [3.63, 3.8) is 0 Å². The molecule has 4 rings (SSSR count). The summed E-state index contributed by atoms with van der Waals surface area (Å²) in [5, 5.41) is 1.03. The number of nitrogen functional groups attached to an aromatic ring is 1. The Balaban J connectivity index is 1.73. The molecular weight excluding hydrogens is 420 g/mol. The molecular formula is C24H26N6OS. The van der Waals surface area contributed by atoms with Gasteiger partial charge in [0, 0.05) is 55.9 Å². The Morgan fingerprint density at radius 3 is 2.41 bits per heavy atom. The highest BCUT2D eigenvalue weighted by Crippen LogP contribution is 2.32. The summed E-state index contributed by atoms with van der Waals surface area (Å²) in [6.07, 6.45) is 7.10. The van der Waals surface area contributed by atoms with Crippen LogP contribution in [0.3, 0.4) is 0 Å². The molecule has 0 spiro atoms. The molecule has 3 aromatic heterocycles. The van der Waals surface area contributed by atoms with Gasteiger partial charge in [-0.15, -0.1) is 0 Å². The second-order valence-corrected chi connectivity index (χ2v) is 9.40. The van der Waals surface area contributed by atoms with Crippen LogP contribution >= 0.6 is 0 Å². The van der Waals surface area contributed by atoms with Gasteiger partial charge in [0.1, 0.15) is 16.8 Å². The Morgan fingerprint density at radius 1 is 0.875 bits per heavy atom. The minimum atomic E-state index is -1.40. The lowest BCUT2D eigenvalue weighted by Crippen LogP contribution is -2.30. The van der Waals surface area contributed by atoms with Gasteiger partial charge in [0.05, 0.1) is 10.4 Å². The van der Waals surface area contributed by atoms with E-state index in [1.807, 2.05) is 63.7 Å². The molecule has 1 atom stereocenters. The third kappa shape index (κ3) is 4.67. The number of rotatable bonds is 7. The van der Waals surface area contributed by atoms with Crippen molar-refractivity contribution in [2.45, 2.75) is 4.90 Å². The van der Waals surface area contributed by atoms with Crippen LogP contribution in [0, 0.1) is 0 Å². The molecule has 32 heavy (non-hydrogen) atoms. The average molecular weight is 447 g/mol. The van der Waals surface area contributed by atoms with Crippen LogP contribution in [0.1, 0.15) is 0 Å². The van der Waals surface area contributed by atoms with E-state index in [2.05, 4.69) is 25.9 Å². The number of nitrogens with zero attached hydrogens (tertiary/aromatic N) is 5. The number of fused-ring (bicyclic) bond motifs is 1. The third-order valence-electron chi connectivity index (χ3n) is 5.28. The van der Waals surface area contributed by atoms with Crippen LogP contribution in [0.2, 0.25) is 0 Å². The number of pyridine rings is 3. The first kappa shape index (κ1) is 22.0. The standard InChI is InChI=1S/C24H26N6OS/c1-29(2)12-13-30(3)32(31)23-15-19(16-28-24(23)25)18-4-5-22-21(14-18)20(8-11-27-22)17-6-9-26-10-7-17/h4-11,14-16H,12-13H2,1-3H3,(H2,25,28). The molecule has 0 amide bonds. The molecule has 0 saturated heterocycles. The fraction of sp³-hybridized carbons (Fsp3) is 0.208. The first-order valence-electron chi connectivity index (χ1n) is 10.3. The fourth-order valence-electron chi connectivity index (χ4n) is 3.45. The summed E-state index contributed by atoms with van der Waals surface area (Å²) in [6.45, 7) is 1.45. The molecule has 3 heterocycles. The van der Waals surface area contributed by atoms with Crippen LogP contribution in [-0.2, 0) is 11.0 Å². The zero-order chi connectivity index (χ0) is 22.7. The van der Waals surface area contributed by atoms with Crippen LogP contribution in [0.5, 0.6) is 0 Å². The van der Waals surface area contributed by atoms with Gasteiger partial charge in [-0.3, -0.25) is 9.97 Å². The zero-order valence-corrected chi connectivity index (χ0v) is 19.2. The highest BCUT2D eigenvalue weighted by atomic mass is 32.2. The monoisotopic (exact) mass is 446 g/mol. The van der Waals surface area contributed by atoms with Crippen molar-refractivity contribution >= 4 is 27.7 Å². The van der Waals surface area contributed by atoms with E-state index in [-0.39, 0.29) is 5.82 Å². The quantitative estimate of drug-likeness (QED) is 0.468. The molecule has 2 N–H and O–H groups in total. The Bertz CT molecular complexity index is 1260. The molecule has 164 valence electrons. The third-order valence-corrected chi connectivity index (χ3v) is 6.73. The summed E-state index contributed by atoms with van der Waals surface area (Å²) in [6, 6.07) is 13.9. The van der Waals surface area contributed by atoms with E-state index < -0.39 is 11.0 Å². The highest BCUT2D eigenvalue weighted by molar-refractivity contribution is 7.82. The van der Waals surface area contributed by atoms with Crippen molar-refractivity contribution in [3.8, 4) is 22.3 Å². The molecule has 0 saturated carbocycles. The van der Waals surface area contributed by atoms with Crippen LogP contribution in [-0.4, -0.2) is 62.6 Å². The maximum atomic E-state index is 13.1. The summed E-state index contributed by atoms with van der Waals surface area (Å²) >= 11 is 0. The number of hydrogen-bond donors (Lipinski definition) is 1. The van der Waals surface area contributed by atoms with E-state index >= 15 is 0 Å². The van der Waals surface area contributed by atoms with E-state index in [1.54, 1.807) is 22.9 Å². The predicted octanol–water partition coefficient (Wildman–Crippen LogP) is 3.46. The van der Waals surface area contributed by atoms with Gasteiger partial charge >= 0.3 is 0 Å². The second kappa shape index (κ2) is 9.52. The van der Waals surface area contributed by atoms with Gasteiger partial charge in [0.2, 0.25) is 0 Å². The van der Waals surface area contributed by atoms with Crippen molar-refractivity contribution in [2.24, 2.45) is 0 Å². The van der Waals surface area contributed by atoms with Crippen LogP contribution in [0.4, 0.5) is 5.82 Å². The van der Waals surface area contributed by atoms with Gasteiger partial charge in [-0.1, -0.05) is 6.07 Å². The summed E-state index contributed by atoms with van der Waals surface area (Å²) in [5.41, 5.74) is 11.0. The van der Waals surface area contributed by atoms with Gasteiger partial charge in [-0.25, -0.2) is 13.5 Å². The summed E-state index contributed by atoms with van der Waals surface area (Å²) in [7, 11) is 4.40. The van der Waals surface area contributed by atoms with E-state index in [4.69, 9.17) is 5.73 Å². The molecule has 7 nitrogen and oxygen atoms in total. The minimum absolute atomic E-state index is 0.281. The van der Waals surface area contributed by atoms with Crippen molar-refractivity contribution in [2.75, 3.05) is 40.0 Å². The molecule has 0 aliphatic heterocycles. The predicted molar refractivity (Wildman–Crippen MR) is 130 cm³/mol. The molecule has 0 aliphatic rings. The lowest BCUT2D eigenvalue weighted by Gasteiger charge is -2.19. The molecule has 0 bridgehead atoms. The maximum Gasteiger partial charge on any atom is 0.141 e. The Hall–Kier alpha value is -3.20. The number of anilines is 1. The Labute approximate surface area is 190 Å². The van der Waals surface area contributed by atoms with Crippen LogP contribution < -0.4 is 5.73 Å². The number of likely N-dealkylation sites (N-methyl/N-ethyl adjacent to an activating group) is 2. The molecule has 0 radical (unpaired) electrons. The molecule has 1 aromatic carbocycles. The molecule has 8 heteroatoms. The first-order valence-corrected chi connectivity index (χ1v) is 11.4. The van der Waals surface area contributed by atoms with Crippen molar-refractivity contribution in [1.29, 1.82) is 0 Å². The highest BCUT2D eigenvalue weighted by Gasteiger charge is 2.17. The lowest BCUT2D eigenvalue weighted by molar-refractivity contribution is 0.367. The van der Waals surface area contributed by atoms with Gasteiger partial charge in [-0.05, 0) is 67.2 Å². The second-order valence-electron chi connectivity index (χ2n) is 7.84. The minimum Gasteiger partial charge on any atom is -0.383 e. The lowest BCUT2D eigenvalue weighted by atomic mass is 9.98. The largest absolute Gasteiger partial charge is 0.383 e. The SMILES string of the molecule is CN(C)CCN(C)S(=O)c1cc(-c2ccc3nccc(-c4ccncc4)c3c2)cnc1N. The van der Waals surface area contributed by atoms with E-state index in [1.165, 1.54) is 0 Å². The maximum absolute atomic E-state index is 13.1. The van der Waals surface area contributed by atoms with Crippen LogP contribution in [0.25, 0.3) is 33.2 Å². The van der Waals surface area contributed by atoms with Gasteiger partial charge < -0.3 is 10.6 Å². The fourth-order valence-corrected chi connectivity index (χ4v) is 4.50. The summed E-state index contributed by atoms with van der Waals surface area (Å²) in [5.74, 6) is 0.281. The summed E-state index contributed by atoms with van der Waals surface area (Å²) < 4.78 is 14.9. The Kier molecular flexibility index (Phi) is 6.55. The number of benzene rings is 1. The summed E-state index contributed by atoms with van der Waals surface area (Å²) in [4.78, 5) is 15.5. The topological polar surface area (TPSA) is 88.2 Å². The van der Waals surface area contributed by atoms with Crippen molar-refractivity contribution in [3.05, 3.63) is 67.3 Å². The smallest absolute Gasteiger partial charge is 0.141 e. The number of hydrogen-bond acceptors (Lipinski definition) is 6. The molecule has 1 unspecified atom stereocenters. The molecule has 0 fully saturated rings. The Morgan fingerprint density at radius 2 is 1.66 bits per heavy atom. The average Bonchev–Trinajstić information content (AvgIpc) is 2.82. The zero-order valence-electron chi connectivity index (χ0n) is 18.4. The van der Waals surface area contributed by atoms with E-state index in [9.17, 15) is 4.21 Å². The molecule has 4 aromatic rings. The van der Waals surface area contributed by atoms with Gasteiger partial charge in [0.25, 0.3) is 0 Å². The van der Waals surface area contributed by atoms with Gasteiger partial charge in [0.15, 0.2) is 0 Å². The number of aromatic nitrogens is 3. The van der Waals surface area contributed by atoms with E-state index in [0.717, 1.165) is 39.7 Å².